The molecular formula is C16H31N3. The first-order valence-electron chi connectivity index (χ1n) is 8.50. The first-order valence-corrected chi connectivity index (χ1v) is 8.50. The fourth-order valence-corrected chi connectivity index (χ4v) is 4.60. The maximum absolute atomic E-state index is 6.22. The molecule has 3 heteroatoms. The van der Waals surface area contributed by atoms with Crippen molar-refractivity contribution >= 4 is 0 Å². The number of fused-ring (bicyclic) bond motifs is 2. The Balaban J connectivity index is 1.54. The van der Waals surface area contributed by atoms with Crippen molar-refractivity contribution in [3.05, 3.63) is 0 Å². The van der Waals surface area contributed by atoms with Gasteiger partial charge in [-0.1, -0.05) is 13.3 Å². The van der Waals surface area contributed by atoms with Crippen LogP contribution in [0.4, 0.5) is 0 Å². The van der Waals surface area contributed by atoms with Crippen molar-refractivity contribution < 1.29 is 0 Å². The highest BCUT2D eigenvalue weighted by Crippen LogP contribution is 2.35. The van der Waals surface area contributed by atoms with Crippen LogP contribution in [0.25, 0.3) is 0 Å². The van der Waals surface area contributed by atoms with Gasteiger partial charge in [-0.2, -0.15) is 0 Å². The van der Waals surface area contributed by atoms with Crippen LogP contribution in [0.5, 0.6) is 0 Å². The normalized spacial score (nSPS) is 38.5. The van der Waals surface area contributed by atoms with Gasteiger partial charge < -0.3 is 10.6 Å². The van der Waals surface area contributed by atoms with Crippen molar-refractivity contribution in [2.24, 2.45) is 11.7 Å². The summed E-state index contributed by atoms with van der Waals surface area (Å²) in [6.45, 7) is 7.53. The van der Waals surface area contributed by atoms with Gasteiger partial charge in [-0.3, -0.25) is 4.90 Å². The quantitative estimate of drug-likeness (QED) is 0.848. The molecule has 0 aromatic rings. The molecule has 3 nitrogen and oxygen atoms in total. The molecule has 2 bridgehead atoms. The molecule has 3 fully saturated rings. The zero-order valence-electron chi connectivity index (χ0n) is 12.6. The SMILES string of the molecule is CCN1CCC(CN2C3CCCC2CC(N)C3)CC1. The molecule has 0 spiro atoms. The highest BCUT2D eigenvalue weighted by molar-refractivity contribution is 4.94. The fraction of sp³-hybridized carbons (Fsp3) is 1.00. The van der Waals surface area contributed by atoms with Crippen LogP contribution in [-0.2, 0) is 0 Å². The lowest BCUT2D eigenvalue weighted by Crippen LogP contribution is -2.56. The molecule has 110 valence electrons. The smallest absolute Gasteiger partial charge is 0.0113 e. The largest absolute Gasteiger partial charge is 0.328 e. The fourth-order valence-electron chi connectivity index (χ4n) is 4.60. The summed E-state index contributed by atoms with van der Waals surface area (Å²) in [4.78, 5) is 5.46. The highest BCUT2D eigenvalue weighted by atomic mass is 15.2. The lowest BCUT2D eigenvalue weighted by atomic mass is 9.81. The average molecular weight is 265 g/mol. The molecule has 0 aliphatic carbocycles. The summed E-state index contributed by atoms with van der Waals surface area (Å²) in [6, 6.07) is 2.10. The Morgan fingerprint density at radius 3 is 2.21 bits per heavy atom. The van der Waals surface area contributed by atoms with Gasteiger partial charge in [-0.15, -0.1) is 0 Å². The molecule has 3 aliphatic rings. The van der Waals surface area contributed by atoms with E-state index in [0.717, 1.165) is 18.0 Å². The first-order chi connectivity index (χ1) is 9.26. The highest BCUT2D eigenvalue weighted by Gasteiger charge is 2.38. The predicted molar refractivity (Wildman–Crippen MR) is 80.2 cm³/mol. The average Bonchev–Trinajstić information content (AvgIpc) is 2.41. The minimum absolute atomic E-state index is 0.480. The number of likely N-dealkylation sites (tertiary alicyclic amines) is 1. The van der Waals surface area contributed by atoms with Crippen LogP contribution in [0.15, 0.2) is 0 Å². The second kappa shape index (κ2) is 6.11. The molecule has 2 unspecified atom stereocenters. The van der Waals surface area contributed by atoms with Crippen LogP contribution in [0, 0.1) is 5.92 Å². The Labute approximate surface area is 118 Å². The Bertz CT molecular complexity index is 272. The monoisotopic (exact) mass is 265 g/mol. The van der Waals surface area contributed by atoms with Crippen LogP contribution >= 0.6 is 0 Å². The Kier molecular flexibility index (Phi) is 4.45. The number of piperidine rings is 3. The second-order valence-corrected chi connectivity index (χ2v) is 7.04. The zero-order valence-corrected chi connectivity index (χ0v) is 12.6. The molecule has 3 rings (SSSR count). The summed E-state index contributed by atoms with van der Waals surface area (Å²) in [5.74, 6) is 0.945. The van der Waals surface area contributed by atoms with Gasteiger partial charge in [0.1, 0.15) is 0 Å². The van der Waals surface area contributed by atoms with Gasteiger partial charge in [0, 0.05) is 24.7 Å². The van der Waals surface area contributed by atoms with E-state index in [1.54, 1.807) is 0 Å². The molecule has 2 atom stereocenters. The third-order valence-corrected chi connectivity index (χ3v) is 5.79. The topological polar surface area (TPSA) is 32.5 Å². The third kappa shape index (κ3) is 3.14. The maximum atomic E-state index is 6.22. The predicted octanol–water partition coefficient (Wildman–Crippen LogP) is 2.06. The summed E-state index contributed by atoms with van der Waals surface area (Å²) in [6.07, 6.45) is 9.57. The molecular weight excluding hydrogens is 234 g/mol. The number of rotatable bonds is 3. The second-order valence-electron chi connectivity index (χ2n) is 7.04. The number of nitrogens with two attached hydrogens (primary N) is 1. The standard InChI is InChI=1S/C16H31N3/c1-2-18-8-6-13(7-9-18)12-19-15-4-3-5-16(19)11-14(17)10-15/h13-16H,2-12,17H2,1H3. The summed E-state index contributed by atoms with van der Waals surface area (Å²) in [5.41, 5.74) is 6.22. The van der Waals surface area contributed by atoms with Gasteiger partial charge in [-0.05, 0) is 64.1 Å². The first kappa shape index (κ1) is 13.8. The molecule has 0 aromatic heterocycles. The summed E-state index contributed by atoms with van der Waals surface area (Å²) >= 11 is 0. The van der Waals surface area contributed by atoms with E-state index < -0.39 is 0 Å². The summed E-state index contributed by atoms with van der Waals surface area (Å²) in [5, 5.41) is 0. The van der Waals surface area contributed by atoms with Crippen LogP contribution in [0.3, 0.4) is 0 Å². The van der Waals surface area contributed by atoms with Crippen LogP contribution in [-0.4, -0.2) is 54.1 Å². The van der Waals surface area contributed by atoms with E-state index in [4.69, 9.17) is 5.73 Å². The van der Waals surface area contributed by atoms with Gasteiger partial charge in [0.15, 0.2) is 0 Å². The molecule has 0 radical (unpaired) electrons. The minimum atomic E-state index is 0.480. The van der Waals surface area contributed by atoms with Crippen LogP contribution in [0.2, 0.25) is 0 Å². The van der Waals surface area contributed by atoms with Crippen molar-refractivity contribution in [3.8, 4) is 0 Å². The third-order valence-electron chi connectivity index (χ3n) is 5.79. The minimum Gasteiger partial charge on any atom is -0.328 e. The summed E-state index contributed by atoms with van der Waals surface area (Å²) < 4.78 is 0. The molecule has 0 aromatic carbocycles. The van der Waals surface area contributed by atoms with Crippen LogP contribution in [0.1, 0.15) is 51.9 Å². The molecule has 3 saturated heterocycles. The van der Waals surface area contributed by atoms with E-state index in [1.807, 2.05) is 0 Å². The number of hydrogen-bond donors (Lipinski definition) is 1. The van der Waals surface area contributed by atoms with Gasteiger partial charge in [0.2, 0.25) is 0 Å². The molecule has 3 heterocycles. The molecule has 0 saturated carbocycles. The molecule has 2 N–H and O–H groups in total. The Morgan fingerprint density at radius 2 is 1.63 bits per heavy atom. The van der Waals surface area contributed by atoms with Gasteiger partial charge in [0.05, 0.1) is 0 Å². The zero-order chi connectivity index (χ0) is 13.2. The molecule has 19 heavy (non-hydrogen) atoms. The number of nitrogens with zero attached hydrogens (tertiary/aromatic N) is 2. The lowest BCUT2D eigenvalue weighted by Gasteiger charge is -2.50. The Hall–Kier alpha value is -0.120. The molecule has 0 amide bonds. The van der Waals surface area contributed by atoms with E-state index in [9.17, 15) is 0 Å². The van der Waals surface area contributed by atoms with E-state index in [0.29, 0.717) is 6.04 Å². The molecule has 3 aliphatic heterocycles. The van der Waals surface area contributed by atoms with Crippen molar-refractivity contribution in [2.75, 3.05) is 26.2 Å². The van der Waals surface area contributed by atoms with Gasteiger partial charge >= 0.3 is 0 Å². The van der Waals surface area contributed by atoms with Crippen molar-refractivity contribution in [3.63, 3.8) is 0 Å². The van der Waals surface area contributed by atoms with E-state index in [2.05, 4.69) is 16.7 Å². The Morgan fingerprint density at radius 1 is 1.00 bits per heavy atom. The lowest BCUT2D eigenvalue weighted by molar-refractivity contribution is 0.00943. The van der Waals surface area contributed by atoms with Gasteiger partial charge in [-0.25, -0.2) is 0 Å². The van der Waals surface area contributed by atoms with Crippen molar-refractivity contribution in [1.82, 2.24) is 9.80 Å². The van der Waals surface area contributed by atoms with Gasteiger partial charge in [0.25, 0.3) is 0 Å². The summed E-state index contributed by atoms with van der Waals surface area (Å²) in [7, 11) is 0. The van der Waals surface area contributed by atoms with Crippen LogP contribution < -0.4 is 5.73 Å². The van der Waals surface area contributed by atoms with Crippen molar-refractivity contribution in [2.45, 2.75) is 70.0 Å². The van der Waals surface area contributed by atoms with Crippen molar-refractivity contribution in [1.29, 1.82) is 0 Å². The van der Waals surface area contributed by atoms with E-state index in [-0.39, 0.29) is 0 Å². The van der Waals surface area contributed by atoms with E-state index >= 15 is 0 Å². The number of hydrogen-bond acceptors (Lipinski definition) is 3. The maximum Gasteiger partial charge on any atom is 0.0113 e. The van der Waals surface area contributed by atoms with E-state index in [1.165, 1.54) is 71.1 Å².